The molecule has 140 valence electrons. The summed E-state index contributed by atoms with van der Waals surface area (Å²) in [7, 11) is 1.52. The zero-order valence-electron chi connectivity index (χ0n) is 15.2. The molecule has 4 rings (SSSR count). The predicted molar refractivity (Wildman–Crippen MR) is 101 cm³/mol. The van der Waals surface area contributed by atoms with Crippen molar-refractivity contribution in [2.45, 2.75) is 6.92 Å². The smallest absolute Gasteiger partial charge is 0.261 e. The molecule has 0 radical (unpaired) electrons. The summed E-state index contributed by atoms with van der Waals surface area (Å²) in [5, 5.41) is 14.4. The van der Waals surface area contributed by atoms with Crippen molar-refractivity contribution in [2.75, 3.05) is 12.4 Å². The third-order valence-corrected chi connectivity index (χ3v) is 4.07. The van der Waals surface area contributed by atoms with E-state index in [1.807, 2.05) is 30.3 Å². The van der Waals surface area contributed by atoms with Crippen LogP contribution in [0.25, 0.3) is 22.8 Å². The number of carbonyl (C=O) groups excluding carboxylic acids is 1. The van der Waals surface area contributed by atoms with Crippen LogP contribution in [-0.4, -0.2) is 28.4 Å². The number of anilines is 1. The topological polar surface area (TPSA) is 103 Å². The first-order chi connectivity index (χ1) is 13.7. The van der Waals surface area contributed by atoms with Gasteiger partial charge in [-0.25, -0.2) is 0 Å². The summed E-state index contributed by atoms with van der Waals surface area (Å²) in [6.07, 6.45) is 1.38. The van der Waals surface area contributed by atoms with Crippen molar-refractivity contribution in [3.8, 4) is 28.5 Å². The molecule has 0 saturated heterocycles. The van der Waals surface area contributed by atoms with Crippen molar-refractivity contribution in [1.29, 1.82) is 0 Å². The molecule has 28 heavy (non-hydrogen) atoms. The lowest BCUT2D eigenvalue weighted by molar-refractivity contribution is 0.102. The molecule has 2 aromatic carbocycles. The molecule has 0 bridgehead atoms. The summed E-state index contributed by atoms with van der Waals surface area (Å²) < 4.78 is 16.1. The van der Waals surface area contributed by atoms with Crippen molar-refractivity contribution >= 4 is 11.6 Å². The van der Waals surface area contributed by atoms with E-state index in [-0.39, 0.29) is 5.91 Å². The molecule has 0 aliphatic carbocycles. The highest BCUT2D eigenvalue weighted by molar-refractivity contribution is 6.08. The van der Waals surface area contributed by atoms with E-state index in [0.717, 1.165) is 5.56 Å². The number of aromatic nitrogens is 3. The van der Waals surface area contributed by atoms with Crippen LogP contribution in [0.2, 0.25) is 0 Å². The quantitative estimate of drug-likeness (QED) is 0.562. The molecule has 2 heterocycles. The third-order valence-electron chi connectivity index (χ3n) is 4.07. The van der Waals surface area contributed by atoms with Gasteiger partial charge in [0.2, 0.25) is 11.8 Å². The largest absolute Gasteiger partial charge is 0.495 e. The summed E-state index contributed by atoms with van der Waals surface area (Å²) >= 11 is 0. The number of methoxy groups -OCH3 is 1. The number of amides is 1. The van der Waals surface area contributed by atoms with E-state index in [1.165, 1.54) is 13.3 Å². The van der Waals surface area contributed by atoms with E-state index in [1.54, 1.807) is 25.1 Å². The lowest BCUT2D eigenvalue weighted by atomic mass is 10.1. The fourth-order valence-corrected chi connectivity index (χ4v) is 2.74. The second kappa shape index (κ2) is 7.36. The second-order valence-electron chi connectivity index (χ2n) is 5.93. The summed E-state index contributed by atoms with van der Waals surface area (Å²) in [5.74, 6) is 1.31. The average Bonchev–Trinajstić information content (AvgIpc) is 3.38. The zero-order valence-corrected chi connectivity index (χ0v) is 15.2. The summed E-state index contributed by atoms with van der Waals surface area (Å²) in [5.41, 5.74) is 2.19. The Morgan fingerprint density at radius 2 is 1.89 bits per heavy atom. The number of rotatable bonds is 5. The van der Waals surface area contributed by atoms with Crippen LogP contribution in [0.3, 0.4) is 0 Å². The Hall–Kier alpha value is -3.94. The van der Waals surface area contributed by atoms with E-state index in [0.29, 0.717) is 40.1 Å². The first kappa shape index (κ1) is 17.5. The van der Waals surface area contributed by atoms with Crippen LogP contribution in [-0.2, 0) is 0 Å². The minimum absolute atomic E-state index is 0.312. The molecular formula is C20H16N4O4. The van der Waals surface area contributed by atoms with Gasteiger partial charge >= 0.3 is 0 Å². The van der Waals surface area contributed by atoms with Crippen molar-refractivity contribution < 1.29 is 18.5 Å². The molecule has 0 atom stereocenters. The fraction of sp³-hybridized carbons (Fsp3) is 0.100. The number of benzene rings is 2. The minimum Gasteiger partial charge on any atom is -0.495 e. The van der Waals surface area contributed by atoms with Gasteiger partial charge in [0.05, 0.1) is 19.0 Å². The van der Waals surface area contributed by atoms with E-state index >= 15 is 0 Å². The monoisotopic (exact) mass is 376 g/mol. The van der Waals surface area contributed by atoms with Crippen LogP contribution < -0.4 is 10.1 Å². The molecule has 0 unspecified atom stereocenters. The minimum atomic E-state index is -0.378. The maximum absolute atomic E-state index is 12.9. The van der Waals surface area contributed by atoms with Crippen molar-refractivity contribution in [3.63, 3.8) is 0 Å². The maximum atomic E-state index is 12.9. The Balaban J connectivity index is 1.66. The normalized spacial score (nSPS) is 10.6. The molecular weight excluding hydrogens is 360 g/mol. The molecule has 0 saturated carbocycles. The Bertz CT molecular complexity index is 1120. The molecule has 0 fully saturated rings. The van der Waals surface area contributed by atoms with Gasteiger partial charge in [0.25, 0.3) is 5.91 Å². The number of nitrogens with zero attached hydrogens (tertiary/aromatic N) is 3. The molecule has 1 amide bonds. The van der Waals surface area contributed by atoms with E-state index in [4.69, 9.17) is 13.7 Å². The van der Waals surface area contributed by atoms with Gasteiger partial charge in [-0.1, -0.05) is 35.5 Å². The third kappa shape index (κ3) is 3.35. The SMILES string of the molecule is COc1ccc(-c2nnc(C)o2)cc1NC(=O)c1cnoc1-c1ccccc1. The lowest BCUT2D eigenvalue weighted by Crippen LogP contribution is -2.13. The van der Waals surface area contributed by atoms with Crippen LogP contribution in [0.5, 0.6) is 5.75 Å². The Labute approximate surface area is 160 Å². The first-order valence-corrected chi connectivity index (χ1v) is 8.45. The Morgan fingerprint density at radius 3 is 2.61 bits per heavy atom. The van der Waals surface area contributed by atoms with Gasteiger partial charge in [0.1, 0.15) is 11.3 Å². The van der Waals surface area contributed by atoms with Gasteiger partial charge in [0, 0.05) is 18.1 Å². The van der Waals surface area contributed by atoms with E-state index < -0.39 is 0 Å². The number of ether oxygens (including phenoxy) is 1. The number of aryl methyl sites for hydroxylation is 1. The fourth-order valence-electron chi connectivity index (χ4n) is 2.74. The Morgan fingerprint density at radius 1 is 1.07 bits per heavy atom. The molecule has 4 aromatic rings. The van der Waals surface area contributed by atoms with Crippen molar-refractivity contribution in [1.82, 2.24) is 15.4 Å². The molecule has 8 nitrogen and oxygen atoms in total. The predicted octanol–water partition coefficient (Wildman–Crippen LogP) is 3.96. The van der Waals surface area contributed by atoms with Crippen LogP contribution in [0.4, 0.5) is 5.69 Å². The molecule has 0 aliphatic rings. The standard InChI is InChI=1S/C20H16N4O4/c1-12-23-24-20(27-12)14-8-9-17(26-2)16(10-14)22-19(25)15-11-21-28-18(15)13-6-4-3-5-7-13/h3-11H,1-2H3,(H,22,25). The van der Waals surface area contributed by atoms with E-state index in [9.17, 15) is 4.79 Å². The highest BCUT2D eigenvalue weighted by atomic mass is 16.5. The lowest BCUT2D eigenvalue weighted by Gasteiger charge is -2.11. The van der Waals surface area contributed by atoms with Crippen LogP contribution in [0, 0.1) is 6.92 Å². The second-order valence-corrected chi connectivity index (χ2v) is 5.93. The number of hydrogen-bond acceptors (Lipinski definition) is 7. The van der Waals surface area contributed by atoms with Crippen LogP contribution >= 0.6 is 0 Å². The summed E-state index contributed by atoms with van der Waals surface area (Å²) in [6.45, 7) is 1.71. The van der Waals surface area contributed by atoms with Gasteiger partial charge in [-0.05, 0) is 18.2 Å². The summed E-state index contributed by atoms with van der Waals surface area (Å²) in [6, 6.07) is 14.5. The van der Waals surface area contributed by atoms with Gasteiger partial charge in [-0.3, -0.25) is 4.79 Å². The van der Waals surface area contributed by atoms with E-state index in [2.05, 4.69) is 20.7 Å². The van der Waals surface area contributed by atoms with Gasteiger partial charge in [-0.15, -0.1) is 10.2 Å². The molecule has 0 spiro atoms. The highest BCUT2D eigenvalue weighted by Crippen LogP contribution is 2.31. The highest BCUT2D eigenvalue weighted by Gasteiger charge is 2.20. The number of hydrogen-bond donors (Lipinski definition) is 1. The first-order valence-electron chi connectivity index (χ1n) is 8.45. The molecule has 8 heteroatoms. The molecule has 2 aromatic heterocycles. The maximum Gasteiger partial charge on any atom is 0.261 e. The average molecular weight is 376 g/mol. The molecule has 0 aliphatic heterocycles. The van der Waals surface area contributed by atoms with Gasteiger partial charge in [-0.2, -0.15) is 0 Å². The number of carbonyl (C=O) groups is 1. The molecule has 1 N–H and O–H groups in total. The number of nitrogens with one attached hydrogen (secondary N) is 1. The van der Waals surface area contributed by atoms with Crippen molar-refractivity contribution in [3.05, 3.63) is 66.2 Å². The Kier molecular flexibility index (Phi) is 4.59. The van der Waals surface area contributed by atoms with Crippen LogP contribution in [0.15, 0.2) is 63.7 Å². The van der Waals surface area contributed by atoms with Gasteiger partial charge < -0.3 is 19.0 Å². The summed E-state index contributed by atoms with van der Waals surface area (Å²) in [4.78, 5) is 12.9. The van der Waals surface area contributed by atoms with Crippen LogP contribution in [0.1, 0.15) is 16.2 Å². The zero-order chi connectivity index (χ0) is 19.5. The van der Waals surface area contributed by atoms with Crippen molar-refractivity contribution in [2.24, 2.45) is 0 Å². The van der Waals surface area contributed by atoms with Gasteiger partial charge in [0.15, 0.2) is 5.76 Å².